The maximum absolute atomic E-state index is 16.4. The van der Waals surface area contributed by atoms with Crippen LogP contribution in [0.2, 0.25) is 0 Å². The first-order valence-electron chi connectivity index (χ1n) is 18.4. The van der Waals surface area contributed by atoms with Gasteiger partial charge in [0.2, 0.25) is 5.91 Å². The maximum atomic E-state index is 16.4. The average Bonchev–Trinajstić information content (AvgIpc) is 4.03. The molecule has 1 aliphatic carbocycles. The lowest BCUT2D eigenvalue weighted by molar-refractivity contribution is -0.153. The lowest BCUT2D eigenvalue weighted by atomic mass is 9.98. The van der Waals surface area contributed by atoms with Gasteiger partial charge in [0.25, 0.3) is 5.92 Å². The highest BCUT2D eigenvalue weighted by Gasteiger charge is 2.53. The molecule has 5 aromatic rings. The van der Waals surface area contributed by atoms with E-state index in [9.17, 15) is 9.59 Å². The molecule has 4 aliphatic rings. The number of ether oxygens (including phenoxy) is 3. The van der Waals surface area contributed by atoms with Crippen molar-refractivity contribution in [2.45, 2.75) is 62.9 Å². The second-order valence-corrected chi connectivity index (χ2v) is 14.9. The van der Waals surface area contributed by atoms with E-state index < -0.39 is 29.9 Å². The van der Waals surface area contributed by atoms with E-state index in [-0.39, 0.29) is 35.5 Å². The van der Waals surface area contributed by atoms with Crippen molar-refractivity contribution in [1.82, 2.24) is 35.5 Å². The Morgan fingerprint density at radius 3 is 2.37 bits per heavy atom. The molecule has 54 heavy (non-hydrogen) atoms. The van der Waals surface area contributed by atoms with Crippen molar-refractivity contribution in [3.63, 3.8) is 0 Å². The Bertz CT molecular complexity index is 2270. The highest BCUT2D eigenvalue weighted by Crippen LogP contribution is 2.53. The number of H-pyrrole nitrogens is 2. The first-order valence-corrected chi connectivity index (χ1v) is 18.4. The van der Waals surface area contributed by atoms with Gasteiger partial charge in [0.05, 0.1) is 61.9 Å². The van der Waals surface area contributed by atoms with Crippen LogP contribution in [0.15, 0.2) is 60.8 Å². The fourth-order valence-corrected chi connectivity index (χ4v) is 8.41. The second-order valence-electron chi connectivity index (χ2n) is 14.9. The number of amides is 2. The zero-order valence-corrected chi connectivity index (χ0v) is 30.2. The van der Waals surface area contributed by atoms with E-state index in [0.717, 1.165) is 41.8 Å². The third-order valence-corrected chi connectivity index (χ3v) is 11.2. The summed E-state index contributed by atoms with van der Waals surface area (Å²) in [6, 6.07) is 14.9. The van der Waals surface area contributed by atoms with Crippen LogP contribution in [0.25, 0.3) is 44.5 Å². The number of hydrogen-bond acceptors (Lipinski definition) is 8. The standard InChI is InChI=1S/C40H41F2N7O5/c1-21(2)34(48-38(51)52-3)37(50)49-20-39(53-13-14-54-39)18-33(49)36-44-19-32(47-36)24-7-10-26-25-9-6-22(15-27(25)40(41,42)28(26)16-24)23-8-11-29-31(17-23)46-35(45-29)30-5-4-12-43-30/h6-11,15-17,19,21,30,33-34,43H,4-5,12-14,18,20H2,1-3H3,(H,44,47)(H,45,46)(H,48,51)/t30?,33-,34+/m1/s1. The number of carbonyl (C=O) groups is 2. The highest BCUT2D eigenvalue weighted by atomic mass is 19.3. The predicted octanol–water partition coefficient (Wildman–Crippen LogP) is 6.56. The third-order valence-electron chi connectivity index (χ3n) is 11.2. The molecule has 3 aromatic carbocycles. The predicted molar refractivity (Wildman–Crippen MR) is 195 cm³/mol. The minimum atomic E-state index is -3.24. The number of alkyl carbamates (subject to hydrolysis) is 1. The molecule has 0 radical (unpaired) electrons. The molecule has 9 rings (SSSR count). The van der Waals surface area contributed by atoms with E-state index in [1.54, 1.807) is 35.4 Å². The molecule has 0 saturated carbocycles. The van der Waals surface area contributed by atoms with Crippen molar-refractivity contribution >= 4 is 23.0 Å². The van der Waals surface area contributed by atoms with Gasteiger partial charge in [-0.1, -0.05) is 44.2 Å². The molecular weight excluding hydrogens is 696 g/mol. The molecule has 3 aliphatic heterocycles. The van der Waals surface area contributed by atoms with Gasteiger partial charge in [-0.05, 0) is 71.8 Å². The monoisotopic (exact) mass is 737 g/mol. The molecule has 3 atom stereocenters. The molecule has 0 bridgehead atoms. The van der Waals surface area contributed by atoms with Crippen molar-refractivity contribution in [1.29, 1.82) is 0 Å². The molecule has 5 heterocycles. The van der Waals surface area contributed by atoms with E-state index in [0.29, 0.717) is 53.4 Å². The van der Waals surface area contributed by atoms with Gasteiger partial charge in [0.15, 0.2) is 5.79 Å². The summed E-state index contributed by atoms with van der Waals surface area (Å²) in [5.74, 6) is -3.48. The molecule has 1 spiro atoms. The van der Waals surface area contributed by atoms with Crippen molar-refractivity contribution < 1.29 is 32.6 Å². The van der Waals surface area contributed by atoms with Gasteiger partial charge in [0.1, 0.15) is 17.7 Å². The number of nitrogens with zero attached hydrogens (tertiary/aromatic N) is 3. The summed E-state index contributed by atoms with van der Waals surface area (Å²) in [6.07, 6.45) is 3.31. The van der Waals surface area contributed by atoms with Gasteiger partial charge >= 0.3 is 6.09 Å². The van der Waals surface area contributed by atoms with E-state index in [1.165, 1.54) is 13.2 Å². The Morgan fingerprint density at radius 2 is 1.67 bits per heavy atom. The normalized spacial score (nSPS) is 21.6. The van der Waals surface area contributed by atoms with Crippen LogP contribution >= 0.6 is 0 Å². The number of halogens is 2. The number of imidazole rings is 2. The van der Waals surface area contributed by atoms with Gasteiger partial charge in [-0.2, -0.15) is 8.78 Å². The van der Waals surface area contributed by atoms with Crippen LogP contribution in [-0.2, 0) is 24.9 Å². The van der Waals surface area contributed by atoms with Crippen molar-refractivity contribution in [3.8, 4) is 33.5 Å². The second kappa shape index (κ2) is 13.0. The van der Waals surface area contributed by atoms with Crippen molar-refractivity contribution in [2.24, 2.45) is 5.92 Å². The summed E-state index contributed by atoms with van der Waals surface area (Å²) in [5.41, 5.74) is 5.14. The number of benzene rings is 3. The van der Waals surface area contributed by atoms with Crippen LogP contribution in [0.1, 0.15) is 68.0 Å². The summed E-state index contributed by atoms with van der Waals surface area (Å²) in [6.45, 7) is 5.54. The summed E-state index contributed by atoms with van der Waals surface area (Å²) in [5, 5.41) is 6.11. The Morgan fingerprint density at radius 1 is 0.963 bits per heavy atom. The molecule has 3 saturated heterocycles. The van der Waals surface area contributed by atoms with Crippen LogP contribution in [-0.4, -0.2) is 82.1 Å². The summed E-state index contributed by atoms with van der Waals surface area (Å²) in [7, 11) is 1.24. The SMILES string of the molecule is COC(=O)N[C@H](C(=O)N1CC2(C[C@@H]1c1ncc(-c3ccc4c(c3)C(F)(F)c3cc(-c5ccc6nc(C7CCCN7)[nH]c6c5)ccc3-4)[nH]1)OCCO2)C(C)C. The first kappa shape index (κ1) is 34.6. The van der Waals surface area contributed by atoms with Crippen molar-refractivity contribution in [3.05, 3.63) is 83.6 Å². The van der Waals surface area contributed by atoms with E-state index in [1.807, 2.05) is 38.1 Å². The molecule has 4 N–H and O–H groups in total. The molecule has 2 amide bonds. The molecule has 280 valence electrons. The van der Waals surface area contributed by atoms with Crippen LogP contribution < -0.4 is 10.6 Å². The van der Waals surface area contributed by atoms with Crippen LogP contribution in [0, 0.1) is 5.92 Å². The number of aromatic amines is 2. The molecular formula is C40H41F2N7O5. The van der Waals surface area contributed by atoms with Gasteiger partial charge < -0.3 is 39.7 Å². The number of fused-ring (bicyclic) bond motifs is 4. The number of methoxy groups -OCH3 is 1. The Labute approximate surface area is 310 Å². The van der Waals surface area contributed by atoms with E-state index >= 15 is 8.78 Å². The Balaban J connectivity index is 0.994. The number of carbonyl (C=O) groups excluding carboxylic acids is 2. The Hall–Kier alpha value is -5.18. The zero-order chi connectivity index (χ0) is 37.4. The number of likely N-dealkylation sites (tertiary alicyclic amines) is 1. The topological polar surface area (TPSA) is 146 Å². The van der Waals surface area contributed by atoms with Gasteiger partial charge in [-0.15, -0.1) is 0 Å². The number of rotatable bonds is 7. The fraction of sp³-hybridized carbons (Fsp3) is 0.400. The molecule has 3 fully saturated rings. The largest absolute Gasteiger partial charge is 0.453 e. The van der Waals surface area contributed by atoms with Gasteiger partial charge in [0, 0.05) is 23.1 Å². The smallest absolute Gasteiger partial charge is 0.407 e. The molecule has 14 heteroatoms. The lowest BCUT2D eigenvalue weighted by Crippen LogP contribution is -2.52. The summed E-state index contributed by atoms with van der Waals surface area (Å²) >= 11 is 0. The highest BCUT2D eigenvalue weighted by molar-refractivity contribution is 5.88. The van der Waals surface area contributed by atoms with Crippen LogP contribution in [0.5, 0.6) is 0 Å². The zero-order valence-electron chi connectivity index (χ0n) is 30.2. The maximum Gasteiger partial charge on any atom is 0.407 e. The molecule has 12 nitrogen and oxygen atoms in total. The fourth-order valence-electron chi connectivity index (χ4n) is 8.41. The summed E-state index contributed by atoms with van der Waals surface area (Å²) in [4.78, 5) is 43.8. The first-order chi connectivity index (χ1) is 26.0. The number of alkyl halides is 2. The molecule has 1 unspecified atom stereocenters. The van der Waals surface area contributed by atoms with E-state index in [4.69, 9.17) is 19.2 Å². The number of nitrogens with one attached hydrogen (secondary N) is 4. The minimum absolute atomic E-state index is 0.0414. The Kier molecular flexibility index (Phi) is 8.32. The average molecular weight is 738 g/mol. The number of hydrogen-bond donors (Lipinski definition) is 4. The van der Waals surface area contributed by atoms with Gasteiger partial charge in [-0.3, -0.25) is 4.79 Å². The van der Waals surface area contributed by atoms with Crippen LogP contribution in [0.4, 0.5) is 13.6 Å². The minimum Gasteiger partial charge on any atom is -0.453 e. The summed E-state index contributed by atoms with van der Waals surface area (Å²) < 4.78 is 49.6. The number of aromatic nitrogens is 4. The third kappa shape index (κ3) is 5.74. The van der Waals surface area contributed by atoms with E-state index in [2.05, 4.69) is 25.6 Å². The molecule has 2 aromatic heterocycles. The van der Waals surface area contributed by atoms with Crippen LogP contribution in [0.3, 0.4) is 0 Å². The van der Waals surface area contributed by atoms with Gasteiger partial charge in [-0.25, -0.2) is 14.8 Å². The van der Waals surface area contributed by atoms with Crippen molar-refractivity contribution in [2.75, 3.05) is 33.4 Å². The lowest BCUT2D eigenvalue weighted by Gasteiger charge is -2.30. The quantitative estimate of drug-likeness (QED) is 0.147.